The highest BCUT2D eigenvalue weighted by atomic mass is 32.2. The van der Waals surface area contributed by atoms with Gasteiger partial charge in [-0.2, -0.15) is 0 Å². The summed E-state index contributed by atoms with van der Waals surface area (Å²) in [7, 11) is 0. The van der Waals surface area contributed by atoms with Gasteiger partial charge in [0.1, 0.15) is 24.7 Å². The quantitative estimate of drug-likeness (QED) is 0.0992. The zero-order valence-electron chi connectivity index (χ0n) is 28.2. The first-order chi connectivity index (χ1) is 24.1. The van der Waals surface area contributed by atoms with Gasteiger partial charge in [-0.25, -0.2) is 0 Å². The van der Waals surface area contributed by atoms with Crippen LogP contribution in [0.3, 0.4) is 0 Å². The molecule has 3 aromatic rings. The zero-order valence-corrected chi connectivity index (χ0v) is 29.0. The van der Waals surface area contributed by atoms with Gasteiger partial charge in [0.25, 0.3) is 5.91 Å². The highest BCUT2D eigenvalue weighted by molar-refractivity contribution is 7.99. The van der Waals surface area contributed by atoms with Crippen molar-refractivity contribution in [2.24, 2.45) is 11.7 Å². The van der Waals surface area contributed by atoms with Crippen LogP contribution in [0.5, 0.6) is 0 Å². The first-order valence-corrected chi connectivity index (χ1v) is 17.7. The lowest BCUT2D eigenvalue weighted by Crippen LogP contribution is -2.56. The van der Waals surface area contributed by atoms with Gasteiger partial charge in [0.2, 0.25) is 11.8 Å². The third kappa shape index (κ3) is 10.1. The van der Waals surface area contributed by atoms with E-state index in [1.807, 2.05) is 74.5 Å². The summed E-state index contributed by atoms with van der Waals surface area (Å²) in [5, 5.41) is 21.9. The zero-order chi connectivity index (χ0) is 35.6. The van der Waals surface area contributed by atoms with E-state index in [1.165, 1.54) is 0 Å². The number of aliphatic hydroxyl groups excluding tert-OH is 1. The van der Waals surface area contributed by atoms with Crippen molar-refractivity contribution in [1.29, 1.82) is 0 Å². The predicted molar refractivity (Wildman–Crippen MR) is 190 cm³/mol. The lowest BCUT2D eigenvalue weighted by atomic mass is 10.0. The minimum absolute atomic E-state index is 0.0507. The van der Waals surface area contributed by atoms with Crippen LogP contribution >= 0.6 is 11.8 Å². The average molecular weight is 704 g/mol. The molecule has 2 aliphatic heterocycles. The number of nitrogens with one attached hydrogen (secondary N) is 4. The number of ether oxygens (including phenoxy) is 2. The van der Waals surface area contributed by atoms with Crippen LogP contribution in [0.25, 0.3) is 0 Å². The molecule has 0 saturated carbocycles. The molecule has 5 rings (SSSR count). The molecule has 0 radical (unpaired) electrons. The SMILES string of the molecule is CC(C)C[C@H](NC(=O)[C@H](CCCC(N)C(=O)OCc1ccccc1)NC(=O)c1ccc2c(c1)Nc1ccccc1S2)C(=O)N[C@H]1CCOC1O. The molecule has 0 aromatic heterocycles. The molecule has 0 spiro atoms. The molecule has 0 aliphatic carbocycles. The summed E-state index contributed by atoms with van der Waals surface area (Å²) in [6, 6.07) is 19.0. The van der Waals surface area contributed by atoms with Crippen LogP contribution in [0.1, 0.15) is 61.9 Å². The molecule has 1 fully saturated rings. The Morgan fingerprint density at radius 2 is 1.68 bits per heavy atom. The Kier molecular flexibility index (Phi) is 12.9. The Balaban J connectivity index is 1.26. The highest BCUT2D eigenvalue weighted by Crippen LogP contribution is 2.44. The highest BCUT2D eigenvalue weighted by Gasteiger charge is 2.33. The van der Waals surface area contributed by atoms with E-state index in [9.17, 15) is 24.3 Å². The molecule has 2 heterocycles. The largest absolute Gasteiger partial charge is 0.460 e. The minimum Gasteiger partial charge on any atom is -0.460 e. The van der Waals surface area contributed by atoms with Crippen molar-refractivity contribution in [1.82, 2.24) is 16.0 Å². The number of amides is 3. The molecule has 50 heavy (non-hydrogen) atoms. The normalized spacial score (nSPS) is 18.1. The van der Waals surface area contributed by atoms with Crippen LogP contribution in [0.15, 0.2) is 82.6 Å². The van der Waals surface area contributed by atoms with Gasteiger partial charge in [-0.1, -0.05) is 68.1 Å². The predicted octanol–water partition coefficient (Wildman–Crippen LogP) is 3.99. The lowest BCUT2D eigenvalue weighted by Gasteiger charge is -2.26. The Labute approximate surface area is 296 Å². The van der Waals surface area contributed by atoms with E-state index in [2.05, 4.69) is 21.3 Å². The van der Waals surface area contributed by atoms with Gasteiger partial charge in [-0.3, -0.25) is 19.2 Å². The molecule has 12 nitrogen and oxygen atoms in total. The number of aliphatic hydroxyl groups is 1. The molecule has 3 aromatic carbocycles. The summed E-state index contributed by atoms with van der Waals surface area (Å²) < 4.78 is 10.5. The van der Waals surface area contributed by atoms with Crippen molar-refractivity contribution in [2.45, 2.75) is 92.8 Å². The van der Waals surface area contributed by atoms with Crippen molar-refractivity contribution in [2.75, 3.05) is 11.9 Å². The number of benzene rings is 3. The van der Waals surface area contributed by atoms with Gasteiger partial charge >= 0.3 is 5.97 Å². The van der Waals surface area contributed by atoms with Crippen molar-refractivity contribution in [3.63, 3.8) is 0 Å². The second kappa shape index (κ2) is 17.5. The number of anilines is 2. The third-order valence-electron chi connectivity index (χ3n) is 8.50. The number of rotatable bonds is 15. The molecule has 266 valence electrons. The van der Waals surface area contributed by atoms with Crippen molar-refractivity contribution in [3.05, 3.63) is 83.9 Å². The van der Waals surface area contributed by atoms with Crippen molar-refractivity contribution < 1.29 is 33.8 Å². The van der Waals surface area contributed by atoms with Crippen LogP contribution in [0.4, 0.5) is 11.4 Å². The third-order valence-corrected chi connectivity index (χ3v) is 9.66. The van der Waals surface area contributed by atoms with Gasteiger partial charge in [0.05, 0.1) is 24.0 Å². The molecule has 7 N–H and O–H groups in total. The number of carbonyl (C=O) groups excluding carboxylic acids is 4. The maximum atomic E-state index is 13.8. The number of para-hydroxylation sites is 1. The Bertz CT molecular complexity index is 1660. The smallest absolute Gasteiger partial charge is 0.323 e. The number of hydrogen-bond acceptors (Lipinski definition) is 10. The molecule has 13 heteroatoms. The average Bonchev–Trinajstić information content (AvgIpc) is 3.52. The molecule has 0 bridgehead atoms. The maximum Gasteiger partial charge on any atom is 0.323 e. The second-order valence-electron chi connectivity index (χ2n) is 12.9. The Morgan fingerprint density at radius 1 is 0.940 bits per heavy atom. The number of nitrogens with two attached hydrogens (primary N) is 1. The van der Waals surface area contributed by atoms with Gasteiger partial charge in [0, 0.05) is 15.4 Å². The molecule has 2 aliphatic rings. The fourth-order valence-corrected chi connectivity index (χ4v) is 6.73. The second-order valence-corrected chi connectivity index (χ2v) is 14.0. The summed E-state index contributed by atoms with van der Waals surface area (Å²) in [6.07, 6.45) is 0.322. The summed E-state index contributed by atoms with van der Waals surface area (Å²) in [5.74, 6) is -1.99. The number of hydrogen-bond donors (Lipinski definition) is 6. The van der Waals surface area contributed by atoms with E-state index in [4.69, 9.17) is 15.2 Å². The molecular weight excluding hydrogens is 659 g/mol. The molecule has 2 unspecified atom stereocenters. The summed E-state index contributed by atoms with van der Waals surface area (Å²) >= 11 is 1.60. The van der Waals surface area contributed by atoms with Crippen molar-refractivity contribution in [3.8, 4) is 0 Å². The van der Waals surface area contributed by atoms with E-state index >= 15 is 0 Å². The molecule has 1 saturated heterocycles. The van der Waals surface area contributed by atoms with E-state index in [-0.39, 0.29) is 25.4 Å². The number of carbonyl (C=O) groups is 4. The topological polar surface area (TPSA) is 181 Å². The van der Waals surface area contributed by atoms with Gasteiger partial charge in [-0.05, 0) is 73.9 Å². The monoisotopic (exact) mass is 703 g/mol. The van der Waals surface area contributed by atoms with Crippen LogP contribution in [0, 0.1) is 5.92 Å². The van der Waals surface area contributed by atoms with Crippen molar-refractivity contribution >= 4 is 46.8 Å². The molecular formula is C37H45N5O7S. The Morgan fingerprint density at radius 3 is 2.42 bits per heavy atom. The number of fused-ring (bicyclic) bond motifs is 2. The molecule has 5 atom stereocenters. The molecule has 3 amide bonds. The van der Waals surface area contributed by atoms with Crippen LogP contribution in [-0.2, 0) is 30.5 Å². The first-order valence-electron chi connectivity index (χ1n) is 16.9. The standard InChI is InChI=1S/C37H45N5O7S/c1-22(2)19-30(35(45)41-28-17-18-48-37(28)47)42-34(44)27(13-8-11-25(38)36(46)49-21-23-9-4-3-5-10-23)40-33(43)24-15-16-32-29(20-24)39-26-12-6-7-14-31(26)50-32/h3-7,9-10,12,14-16,20,22,25,27-28,30,37,39,47H,8,11,13,17-19,21,38H2,1-2H3,(H,40,43)(H,41,45)(H,42,44)/t25?,27-,28-,30-,37?/m0/s1. The van der Waals surface area contributed by atoms with E-state index in [1.54, 1.807) is 23.9 Å². The summed E-state index contributed by atoms with van der Waals surface area (Å²) in [5.41, 5.74) is 9.04. The summed E-state index contributed by atoms with van der Waals surface area (Å²) in [4.78, 5) is 55.4. The fourth-order valence-electron chi connectivity index (χ4n) is 5.76. The van der Waals surface area contributed by atoms with E-state index in [0.717, 1.165) is 26.7 Å². The van der Waals surface area contributed by atoms with E-state index < -0.39 is 54.1 Å². The van der Waals surface area contributed by atoms with Crippen LogP contribution in [0.2, 0.25) is 0 Å². The fraction of sp³-hybridized carbons (Fsp3) is 0.405. The van der Waals surface area contributed by atoms with Gasteiger partial charge in [0.15, 0.2) is 6.29 Å². The van der Waals surface area contributed by atoms with Crippen LogP contribution in [-0.4, -0.2) is 65.9 Å². The number of esters is 1. The van der Waals surface area contributed by atoms with Gasteiger partial charge in [-0.15, -0.1) is 0 Å². The first kappa shape index (κ1) is 36.8. The Hall–Kier alpha value is -4.43. The van der Waals surface area contributed by atoms with Crippen LogP contribution < -0.4 is 27.0 Å². The maximum absolute atomic E-state index is 13.8. The minimum atomic E-state index is -1.12. The summed E-state index contributed by atoms with van der Waals surface area (Å²) in [6.45, 7) is 4.26. The lowest BCUT2D eigenvalue weighted by molar-refractivity contribution is -0.146. The van der Waals surface area contributed by atoms with Gasteiger partial charge < -0.3 is 41.6 Å². The van der Waals surface area contributed by atoms with E-state index in [0.29, 0.717) is 31.4 Å².